The average Bonchev–Trinajstić information content (AvgIpc) is 2.95. The first kappa shape index (κ1) is 19.8. The van der Waals surface area contributed by atoms with E-state index in [9.17, 15) is 4.79 Å². The Morgan fingerprint density at radius 3 is 2.48 bits per heavy atom. The van der Waals surface area contributed by atoms with Crippen LogP contribution in [0.3, 0.4) is 0 Å². The summed E-state index contributed by atoms with van der Waals surface area (Å²) in [7, 11) is 4.01. The number of aryl methyl sites for hydroxylation is 1. The topological polar surface area (TPSA) is 50.2 Å². The van der Waals surface area contributed by atoms with E-state index in [0.717, 1.165) is 22.2 Å². The average molecular weight is 387 g/mol. The van der Waals surface area contributed by atoms with Gasteiger partial charge in [-0.05, 0) is 51.0 Å². The lowest BCUT2D eigenvalue weighted by atomic mass is 9.95. The van der Waals surface area contributed by atoms with Gasteiger partial charge in [-0.3, -0.25) is 4.79 Å². The maximum Gasteiger partial charge on any atom is 0.234 e. The van der Waals surface area contributed by atoms with E-state index in [-0.39, 0.29) is 5.91 Å². The highest BCUT2D eigenvalue weighted by atomic mass is 32.2. The van der Waals surface area contributed by atoms with Crippen LogP contribution in [0.1, 0.15) is 49.5 Å². The molecule has 0 spiro atoms. The molecule has 0 radical (unpaired) electrons. The fourth-order valence-electron chi connectivity index (χ4n) is 3.64. The maximum absolute atomic E-state index is 12.4. The Labute approximate surface area is 166 Å². The van der Waals surface area contributed by atoms with Crippen molar-refractivity contribution in [2.75, 3.05) is 30.1 Å². The van der Waals surface area contributed by atoms with Gasteiger partial charge in [0.1, 0.15) is 0 Å². The molecule has 1 aliphatic rings. The first-order valence-corrected chi connectivity index (χ1v) is 10.7. The van der Waals surface area contributed by atoms with Gasteiger partial charge < -0.3 is 14.8 Å². The summed E-state index contributed by atoms with van der Waals surface area (Å²) in [6.45, 7) is 4.21. The second-order valence-electron chi connectivity index (χ2n) is 7.51. The Balaban J connectivity index is 1.62. The normalized spacial score (nSPS) is 15.0. The van der Waals surface area contributed by atoms with Crippen LogP contribution in [0.15, 0.2) is 29.4 Å². The van der Waals surface area contributed by atoms with Gasteiger partial charge in [-0.1, -0.05) is 31.0 Å². The first-order chi connectivity index (χ1) is 13.0. The summed E-state index contributed by atoms with van der Waals surface area (Å²) in [4.78, 5) is 19.2. The number of hydrogen-bond acceptors (Lipinski definition) is 4. The lowest BCUT2D eigenvalue weighted by Gasteiger charge is -2.26. The number of imidazole rings is 1. The van der Waals surface area contributed by atoms with E-state index < -0.39 is 0 Å². The Morgan fingerprint density at radius 1 is 1.19 bits per heavy atom. The predicted octanol–water partition coefficient (Wildman–Crippen LogP) is 4.80. The van der Waals surface area contributed by atoms with Crippen molar-refractivity contribution in [1.29, 1.82) is 0 Å². The SMILES string of the molecule is Cc1nc(SCC(=O)Nc2ccc(N(C)C)cc2)n(C2CCCCC2)c1C. The molecule has 0 bridgehead atoms. The molecule has 1 aromatic heterocycles. The molecule has 1 N–H and O–H groups in total. The minimum Gasteiger partial charge on any atom is -0.378 e. The van der Waals surface area contributed by atoms with Crippen molar-refractivity contribution < 1.29 is 4.79 Å². The number of amides is 1. The first-order valence-electron chi connectivity index (χ1n) is 9.71. The van der Waals surface area contributed by atoms with Gasteiger partial charge in [-0.2, -0.15) is 0 Å². The van der Waals surface area contributed by atoms with Crippen molar-refractivity contribution >= 4 is 29.0 Å². The third-order valence-corrected chi connectivity index (χ3v) is 6.25. The van der Waals surface area contributed by atoms with Gasteiger partial charge in [0.15, 0.2) is 5.16 Å². The standard InChI is InChI=1S/C21H30N4OS/c1-15-16(2)25(19-8-6-5-7-9-19)21(22-15)27-14-20(26)23-17-10-12-18(13-11-17)24(3)4/h10-13,19H,5-9,14H2,1-4H3,(H,23,26). The third kappa shape index (κ3) is 4.86. The monoisotopic (exact) mass is 386 g/mol. The molecule has 2 aromatic rings. The molecule has 5 nitrogen and oxygen atoms in total. The van der Waals surface area contributed by atoms with Gasteiger partial charge in [-0.15, -0.1) is 0 Å². The van der Waals surface area contributed by atoms with Gasteiger partial charge in [0.2, 0.25) is 5.91 Å². The number of nitrogens with one attached hydrogen (secondary N) is 1. The van der Waals surface area contributed by atoms with Crippen LogP contribution < -0.4 is 10.2 Å². The van der Waals surface area contributed by atoms with Crippen molar-refractivity contribution in [1.82, 2.24) is 9.55 Å². The van der Waals surface area contributed by atoms with Gasteiger partial charge in [0.05, 0.1) is 11.4 Å². The molecule has 3 rings (SSSR count). The molecule has 1 amide bonds. The molecule has 1 aromatic carbocycles. The molecule has 1 heterocycles. The zero-order chi connectivity index (χ0) is 19.4. The molecule has 1 saturated carbocycles. The van der Waals surface area contributed by atoms with Crippen molar-refractivity contribution in [2.24, 2.45) is 0 Å². The summed E-state index contributed by atoms with van der Waals surface area (Å²) in [5, 5.41) is 3.96. The lowest BCUT2D eigenvalue weighted by Crippen LogP contribution is -2.17. The van der Waals surface area contributed by atoms with E-state index in [0.29, 0.717) is 11.8 Å². The van der Waals surface area contributed by atoms with Crippen LogP contribution in [0.5, 0.6) is 0 Å². The van der Waals surface area contributed by atoms with Crippen LogP contribution in [0.25, 0.3) is 0 Å². The van der Waals surface area contributed by atoms with Crippen molar-refractivity contribution in [2.45, 2.75) is 57.1 Å². The van der Waals surface area contributed by atoms with Crippen LogP contribution in [0.2, 0.25) is 0 Å². The fourth-order valence-corrected chi connectivity index (χ4v) is 4.60. The number of aromatic nitrogens is 2. The third-order valence-electron chi connectivity index (χ3n) is 5.29. The van der Waals surface area contributed by atoms with Gasteiger partial charge in [0, 0.05) is 37.2 Å². The smallest absolute Gasteiger partial charge is 0.234 e. The highest BCUT2D eigenvalue weighted by Crippen LogP contribution is 2.34. The number of thioether (sulfide) groups is 1. The molecule has 146 valence electrons. The Kier molecular flexibility index (Phi) is 6.47. The fraction of sp³-hybridized carbons (Fsp3) is 0.524. The number of carbonyl (C=O) groups is 1. The highest BCUT2D eigenvalue weighted by Gasteiger charge is 2.22. The zero-order valence-electron chi connectivity index (χ0n) is 16.8. The second-order valence-corrected chi connectivity index (χ2v) is 8.45. The molecule has 0 unspecified atom stereocenters. The molecule has 0 aliphatic heterocycles. The van der Waals surface area contributed by atoms with E-state index in [4.69, 9.17) is 4.98 Å². The molecule has 1 fully saturated rings. The van der Waals surface area contributed by atoms with Crippen molar-refractivity contribution in [3.05, 3.63) is 35.7 Å². The molecule has 1 aliphatic carbocycles. The van der Waals surface area contributed by atoms with E-state index in [1.165, 1.54) is 37.8 Å². The largest absolute Gasteiger partial charge is 0.378 e. The lowest BCUT2D eigenvalue weighted by molar-refractivity contribution is -0.113. The summed E-state index contributed by atoms with van der Waals surface area (Å²) in [5.41, 5.74) is 4.25. The number of nitrogens with zero attached hydrogens (tertiary/aromatic N) is 3. The van der Waals surface area contributed by atoms with Crippen LogP contribution in [-0.4, -0.2) is 35.3 Å². The summed E-state index contributed by atoms with van der Waals surface area (Å²) >= 11 is 1.54. The Bertz CT molecular complexity index is 776. The van der Waals surface area contributed by atoms with Crippen LogP contribution in [0.4, 0.5) is 11.4 Å². The van der Waals surface area contributed by atoms with Gasteiger partial charge in [-0.25, -0.2) is 4.98 Å². The van der Waals surface area contributed by atoms with E-state index in [1.54, 1.807) is 11.8 Å². The Morgan fingerprint density at radius 2 is 1.85 bits per heavy atom. The molecule has 6 heteroatoms. The van der Waals surface area contributed by atoms with Crippen molar-refractivity contribution in [3.8, 4) is 0 Å². The quantitative estimate of drug-likeness (QED) is 0.725. The summed E-state index contributed by atoms with van der Waals surface area (Å²) in [6.07, 6.45) is 6.34. The van der Waals surface area contributed by atoms with E-state index in [2.05, 4.69) is 23.7 Å². The molecule has 0 saturated heterocycles. The second kappa shape index (κ2) is 8.83. The van der Waals surface area contributed by atoms with Crippen LogP contribution in [0, 0.1) is 13.8 Å². The summed E-state index contributed by atoms with van der Waals surface area (Å²) in [5.74, 6) is 0.379. The minimum atomic E-state index is 0.00565. The molecule has 27 heavy (non-hydrogen) atoms. The summed E-state index contributed by atoms with van der Waals surface area (Å²) < 4.78 is 2.37. The molecular formula is C21H30N4OS. The number of carbonyl (C=O) groups excluding carboxylic acids is 1. The maximum atomic E-state index is 12.4. The summed E-state index contributed by atoms with van der Waals surface area (Å²) in [6, 6.07) is 8.42. The van der Waals surface area contributed by atoms with E-state index >= 15 is 0 Å². The molecule has 0 atom stereocenters. The molecular weight excluding hydrogens is 356 g/mol. The van der Waals surface area contributed by atoms with Crippen LogP contribution >= 0.6 is 11.8 Å². The van der Waals surface area contributed by atoms with Gasteiger partial charge >= 0.3 is 0 Å². The number of anilines is 2. The van der Waals surface area contributed by atoms with Crippen molar-refractivity contribution in [3.63, 3.8) is 0 Å². The highest BCUT2D eigenvalue weighted by molar-refractivity contribution is 7.99. The number of hydrogen-bond donors (Lipinski definition) is 1. The van der Waals surface area contributed by atoms with Gasteiger partial charge in [0.25, 0.3) is 0 Å². The predicted molar refractivity (Wildman–Crippen MR) is 114 cm³/mol. The number of rotatable bonds is 6. The Hall–Kier alpha value is -1.95. The zero-order valence-corrected chi connectivity index (χ0v) is 17.6. The number of benzene rings is 1. The van der Waals surface area contributed by atoms with E-state index in [1.807, 2.05) is 43.3 Å². The van der Waals surface area contributed by atoms with Crippen LogP contribution in [-0.2, 0) is 4.79 Å². The minimum absolute atomic E-state index is 0.00565.